The highest BCUT2D eigenvalue weighted by molar-refractivity contribution is 7.92. The number of rotatable bonds is 9. The summed E-state index contributed by atoms with van der Waals surface area (Å²) in [6.45, 7) is 2.69. The lowest BCUT2D eigenvalue weighted by atomic mass is 10.1. The van der Waals surface area contributed by atoms with Gasteiger partial charge in [0.1, 0.15) is 12.6 Å². The summed E-state index contributed by atoms with van der Waals surface area (Å²) >= 11 is 18.6. The quantitative estimate of drug-likeness (QED) is 0.370. The van der Waals surface area contributed by atoms with Crippen molar-refractivity contribution in [3.63, 3.8) is 0 Å². The zero-order valence-corrected chi connectivity index (χ0v) is 23.5. The molecule has 7 nitrogen and oxygen atoms in total. The average Bonchev–Trinajstić information content (AvgIpc) is 2.86. The van der Waals surface area contributed by atoms with E-state index in [1.165, 1.54) is 36.2 Å². The molecule has 196 valence electrons. The lowest BCUT2D eigenvalue weighted by molar-refractivity contribution is -0.139. The van der Waals surface area contributed by atoms with E-state index in [0.717, 1.165) is 9.87 Å². The van der Waals surface area contributed by atoms with Crippen LogP contribution < -0.4 is 9.62 Å². The topological polar surface area (TPSA) is 86.8 Å². The number of aryl methyl sites for hydroxylation is 1. The Morgan fingerprint density at radius 2 is 1.54 bits per heavy atom. The van der Waals surface area contributed by atoms with Crippen LogP contribution in [0.5, 0.6) is 0 Å². The van der Waals surface area contributed by atoms with Gasteiger partial charge in [0.05, 0.1) is 10.6 Å². The van der Waals surface area contributed by atoms with E-state index in [2.05, 4.69) is 5.32 Å². The fourth-order valence-corrected chi connectivity index (χ4v) is 5.74. The third-order valence-corrected chi connectivity index (χ3v) is 8.52. The van der Waals surface area contributed by atoms with Crippen LogP contribution in [0.4, 0.5) is 5.69 Å². The van der Waals surface area contributed by atoms with Crippen molar-refractivity contribution in [1.82, 2.24) is 10.2 Å². The number of hydrogen-bond donors (Lipinski definition) is 1. The first-order valence-electron chi connectivity index (χ1n) is 11.2. The molecule has 11 heteroatoms. The van der Waals surface area contributed by atoms with E-state index < -0.39 is 34.4 Å². The molecule has 0 aromatic heterocycles. The monoisotopic (exact) mass is 581 g/mol. The molecule has 3 aromatic carbocycles. The molecule has 0 fully saturated rings. The number of hydrogen-bond acceptors (Lipinski definition) is 4. The van der Waals surface area contributed by atoms with Crippen molar-refractivity contribution in [2.45, 2.75) is 31.3 Å². The van der Waals surface area contributed by atoms with Gasteiger partial charge >= 0.3 is 0 Å². The lowest BCUT2D eigenvalue weighted by Gasteiger charge is -2.32. The second kappa shape index (κ2) is 12.2. The number of anilines is 1. The number of nitrogens with zero attached hydrogens (tertiary/aromatic N) is 2. The molecule has 2 amide bonds. The van der Waals surface area contributed by atoms with Crippen LogP contribution in [0.3, 0.4) is 0 Å². The predicted molar refractivity (Wildman–Crippen MR) is 148 cm³/mol. The van der Waals surface area contributed by atoms with Gasteiger partial charge in [0.2, 0.25) is 11.8 Å². The highest BCUT2D eigenvalue weighted by Gasteiger charge is 2.33. The SMILES string of the molecule is CNC(=O)C(C)N(Cc1c(Cl)cccc1Cl)C(=O)CN(c1cccc(C)c1)S(=O)(=O)c1ccc(Cl)cc1. The molecule has 0 aliphatic rings. The van der Waals surface area contributed by atoms with Gasteiger partial charge in [-0.25, -0.2) is 8.42 Å². The van der Waals surface area contributed by atoms with Crippen LogP contribution in [-0.2, 0) is 26.2 Å². The molecule has 0 aliphatic carbocycles. The summed E-state index contributed by atoms with van der Waals surface area (Å²) in [5.41, 5.74) is 1.55. The van der Waals surface area contributed by atoms with Crippen molar-refractivity contribution in [3.05, 3.63) is 92.9 Å². The molecule has 0 spiro atoms. The largest absolute Gasteiger partial charge is 0.357 e. The zero-order valence-electron chi connectivity index (χ0n) is 20.4. The standard InChI is InChI=1S/C26H26Cl3N3O4S/c1-17-6-4-7-20(14-17)32(37(35,36)21-12-10-19(27)11-13-21)16-25(33)31(18(2)26(34)30-3)15-22-23(28)8-5-9-24(22)29/h4-14,18H,15-16H2,1-3H3,(H,30,34). The van der Waals surface area contributed by atoms with Gasteiger partial charge in [-0.3, -0.25) is 13.9 Å². The van der Waals surface area contributed by atoms with E-state index in [1.807, 2.05) is 13.0 Å². The third-order valence-electron chi connectivity index (χ3n) is 5.77. The van der Waals surface area contributed by atoms with Crippen LogP contribution in [0.25, 0.3) is 0 Å². The molecule has 1 unspecified atom stereocenters. The summed E-state index contributed by atoms with van der Waals surface area (Å²) in [4.78, 5) is 27.5. The van der Waals surface area contributed by atoms with Crippen LogP contribution in [0.1, 0.15) is 18.1 Å². The van der Waals surface area contributed by atoms with Crippen LogP contribution in [0.2, 0.25) is 15.1 Å². The van der Waals surface area contributed by atoms with Gasteiger partial charge in [-0.2, -0.15) is 0 Å². The molecule has 1 atom stereocenters. The molecule has 0 saturated heterocycles. The minimum Gasteiger partial charge on any atom is -0.357 e. The van der Waals surface area contributed by atoms with Crippen molar-refractivity contribution in [2.24, 2.45) is 0 Å². The Balaban J connectivity index is 2.07. The molecule has 0 bridgehead atoms. The maximum absolute atomic E-state index is 13.8. The molecular formula is C26H26Cl3N3O4S. The Labute approximate surface area is 232 Å². The van der Waals surface area contributed by atoms with E-state index in [9.17, 15) is 18.0 Å². The summed E-state index contributed by atoms with van der Waals surface area (Å²) in [7, 11) is -2.73. The van der Waals surface area contributed by atoms with Gasteiger partial charge in [0.25, 0.3) is 10.0 Å². The maximum atomic E-state index is 13.8. The zero-order chi connectivity index (χ0) is 27.3. The molecule has 1 N–H and O–H groups in total. The van der Waals surface area contributed by atoms with E-state index >= 15 is 0 Å². The number of sulfonamides is 1. The third kappa shape index (κ3) is 6.76. The van der Waals surface area contributed by atoms with Gasteiger partial charge in [-0.05, 0) is 67.9 Å². The van der Waals surface area contributed by atoms with Gasteiger partial charge < -0.3 is 10.2 Å². The number of likely N-dealkylation sites (N-methyl/N-ethyl adjacent to an activating group) is 1. The predicted octanol–water partition coefficient (Wildman–Crippen LogP) is 5.31. The van der Waals surface area contributed by atoms with Gasteiger partial charge in [0.15, 0.2) is 0 Å². The van der Waals surface area contributed by atoms with Crippen molar-refractivity contribution in [2.75, 3.05) is 17.9 Å². The summed E-state index contributed by atoms with van der Waals surface area (Å²) < 4.78 is 28.5. The fraction of sp³-hybridized carbons (Fsp3) is 0.231. The Morgan fingerprint density at radius 3 is 2.11 bits per heavy atom. The minimum atomic E-state index is -4.18. The molecule has 0 saturated carbocycles. The van der Waals surface area contributed by atoms with Crippen LogP contribution in [-0.4, -0.2) is 44.8 Å². The van der Waals surface area contributed by atoms with Crippen molar-refractivity contribution in [3.8, 4) is 0 Å². The van der Waals surface area contributed by atoms with E-state index in [0.29, 0.717) is 26.3 Å². The highest BCUT2D eigenvalue weighted by Crippen LogP contribution is 2.29. The summed E-state index contributed by atoms with van der Waals surface area (Å²) in [5.74, 6) is -1.05. The lowest BCUT2D eigenvalue weighted by Crippen LogP contribution is -2.50. The smallest absolute Gasteiger partial charge is 0.264 e. The highest BCUT2D eigenvalue weighted by atomic mass is 35.5. The summed E-state index contributed by atoms with van der Waals surface area (Å²) in [6, 6.07) is 16.4. The first-order valence-corrected chi connectivity index (χ1v) is 13.8. The van der Waals surface area contributed by atoms with Crippen LogP contribution >= 0.6 is 34.8 Å². The number of halogens is 3. The van der Waals surface area contributed by atoms with Crippen molar-refractivity contribution in [1.29, 1.82) is 0 Å². The molecule has 0 radical (unpaired) electrons. The van der Waals surface area contributed by atoms with Gasteiger partial charge in [-0.15, -0.1) is 0 Å². The van der Waals surface area contributed by atoms with Gasteiger partial charge in [0, 0.05) is 34.2 Å². The van der Waals surface area contributed by atoms with Crippen molar-refractivity contribution < 1.29 is 18.0 Å². The van der Waals surface area contributed by atoms with E-state index in [4.69, 9.17) is 34.8 Å². The summed E-state index contributed by atoms with van der Waals surface area (Å²) in [5, 5.41) is 3.54. The number of amides is 2. The first kappa shape index (κ1) is 28.8. The first-order chi connectivity index (χ1) is 17.4. The maximum Gasteiger partial charge on any atom is 0.264 e. The molecule has 3 rings (SSSR count). The van der Waals surface area contributed by atoms with Crippen LogP contribution in [0.15, 0.2) is 71.6 Å². The minimum absolute atomic E-state index is 0.0359. The second-order valence-corrected chi connectivity index (χ2v) is 11.4. The number of carbonyl (C=O) groups is 2. The Kier molecular flexibility index (Phi) is 9.47. The normalized spacial score (nSPS) is 12.1. The molecule has 0 heterocycles. The number of benzene rings is 3. The molecule has 37 heavy (non-hydrogen) atoms. The van der Waals surface area contributed by atoms with Crippen molar-refractivity contribution >= 4 is 62.3 Å². The number of carbonyl (C=O) groups excluding carboxylic acids is 2. The Morgan fingerprint density at radius 1 is 0.946 bits per heavy atom. The van der Waals surface area contributed by atoms with Gasteiger partial charge in [-0.1, -0.05) is 53.0 Å². The van der Waals surface area contributed by atoms with E-state index in [-0.39, 0.29) is 11.4 Å². The molecule has 3 aromatic rings. The van der Waals surface area contributed by atoms with Crippen LogP contribution in [0, 0.1) is 6.92 Å². The summed E-state index contributed by atoms with van der Waals surface area (Å²) in [6.07, 6.45) is 0. The van der Waals surface area contributed by atoms with E-state index in [1.54, 1.807) is 43.3 Å². The molecule has 0 aliphatic heterocycles. The Hall–Kier alpha value is -2.78. The molecular weight excluding hydrogens is 557 g/mol. The Bertz CT molecular complexity index is 1380. The fourth-order valence-electron chi connectivity index (χ4n) is 3.69. The number of nitrogens with one attached hydrogen (secondary N) is 1. The second-order valence-electron chi connectivity index (χ2n) is 8.32. The average molecular weight is 583 g/mol.